The predicted molar refractivity (Wildman–Crippen MR) is 118 cm³/mol. The Bertz CT molecular complexity index is 1140. The molecule has 0 aliphatic carbocycles. The highest BCUT2D eigenvalue weighted by molar-refractivity contribution is 9.10. The van der Waals surface area contributed by atoms with Crippen LogP contribution in [-0.2, 0) is 20.9 Å². The van der Waals surface area contributed by atoms with E-state index in [4.69, 9.17) is 4.52 Å². The number of hydrogen-bond acceptors (Lipinski definition) is 4. The molecule has 0 unspecified atom stereocenters. The van der Waals surface area contributed by atoms with Crippen molar-refractivity contribution in [2.75, 3.05) is 5.32 Å². The van der Waals surface area contributed by atoms with Gasteiger partial charge in [0, 0.05) is 23.2 Å². The summed E-state index contributed by atoms with van der Waals surface area (Å²) in [6.07, 6.45) is 2.05. The van der Waals surface area contributed by atoms with E-state index in [1.54, 1.807) is 36.4 Å². The first kappa shape index (κ1) is 23.3. The zero-order valence-corrected chi connectivity index (χ0v) is 19.3. The lowest BCUT2D eigenvalue weighted by atomic mass is 10.0. The number of aromatic nitrogens is 1. The molecule has 3 aromatic rings. The fraction of sp³-hybridized carbons (Fsp3) is 0.238. The molecule has 0 saturated heterocycles. The van der Waals surface area contributed by atoms with E-state index in [1.807, 2.05) is 0 Å². The van der Waals surface area contributed by atoms with Crippen molar-refractivity contribution in [2.45, 2.75) is 31.8 Å². The van der Waals surface area contributed by atoms with Crippen molar-refractivity contribution >= 4 is 35.1 Å². The smallest absolute Gasteiger partial charge is 0.335 e. The Hall–Kier alpha value is -2.32. The number of halogens is 2. The van der Waals surface area contributed by atoms with Gasteiger partial charge >= 0.3 is 7.60 Å². The number of nitrogens with one attached hydrogen (secondary N) is 1. The van der Waals surface area contributed by atoms with Crippen molar-refractivity contribution in [3.63, 3.8) is 0 Å². The van der Waals surface area contributed by atoms with Crippen molar-refractivity contribution in [2.24, 2.45) is 0 Å². The van der Waals surface area contributed by atoms with Crippen molar-refractivity contribution in [3.8, 4) is 11.3 Å². The number of anilines is 1. The SMILES string of the molecule is CC(C)(c1ccc(NC(=O)CCc2cnoc2-c2ccc(F)c(Br)c2)cc1)P(=O)(O)O. The average molecular weight is 511 g/mol. The number of aryl methyl sites for hydroxylation is 1. The van der Waals surface area contributed by atoms with Gasteiger partial charge in [0.05, 0.1) is 15.8 Å². The summed E-state index contributed by atoms with van der Waals surface area (Å²) in [7, 11) is -4.33. The zero-order chi connectivity index (χ0) is 22.8. The number of rotatable bonds is 7. The van der Waals surface area contributed by atoms with Crippen molar-refractivity contribution in [1.29, 1.82) is 0 Å². The Balaban J connectivity index is 1.63. The van der Waals surface area contributed by atoms with Gasteiger partial charge in [0.15, 0.2) is 5.76 Å². The summed E-state index contributed by atoms with van der Waals surface area (Å²) >= 11 is 3.14. The van der Waals surface area contributed by atoms with Gasteiger partial charge in [-0.2, -0.15) is 0 Å². The Morgan fingerprint density at radius 3 is 2.52 bits per heavy atom. The minimum absolute atomic E-state index is 0.159. The largest absolute Gasteiger partial charge is 0.356 e. The van der Waals surface area contributed by atoms with E-state index in [9.17, 15) is 23.5 Å². The van der Waals surface area contributed by atoms with Crippen LogP contribution in [0.2, 0.25) is 0 Å². The Morgan fingerprint density at radius 2 is 1.90 bits per heavy atom. The molecule has 0 spiro atoms. The van der Waals surface area contributed by atoms with E-state index in [1.165, 1.54) is 26.1 Å². The number of benzene rings is 2. The summed E-state index contributed by atoms with van der Waals surface area (Å²) in [5, 5.41) is 5.22. The molecular weight excluding hydrogens is 490 g/mol. The molecule has 31 heavy (non-hydrogen) atoms. The first-order valence-electron chi connectivity index (χ1n) is 9.34. The molecule has 0 atom stereocenters. The second-order valence-electron chi connectivity index (χ2n) is 7.54. The van der Waals surface area contributed by atoms with Gasteiger partial charge in [0.25, 0.3) is 0 Å². The summed E-state index contributed by atoms with van der Waals surface area (Å²) in [5.74, 6) is -0.161. The third kappa shape index (κ3) is 5.30. The highest BCUT2D eigenvalue weighted by Crippen LogP contribution is 2.56. The second-order valence-corrected chi connectivity index (χ2v) is 10.6. The highest BCUT2D eigenvalue weighted by Gasteiger charge is 2.39. The lowest BCUT2D eigenvalue weighted by Gasteiger charge is -2.26. The molecule has 3 N–H and O–H groups in total. The van der Waals surface area contributed by atoms with E-state index >= 15 is 0 Å². The first-order chi connectivity index (χ1) is 14.5. The molecule has 164 valence electrons. The van der Waals surface area contributed by atoms with Crippen LogP contribution in [0.3, 0.4) is 0 Å². The van der Waals surface area contributed by atoms with E-state index < -0.39 is 12.8 Å². The maximum absolute atomic E-state index is 13.5. The molecular formula is C21H21BrFN2O5P. The molecule has 1 amide bonds. The van der Waals surface area contributed by atoms with Crippen molar-refractivity contribution < 1.29 is 28.1 Å². The van der Waals surface area contributed by atoms with Gasteiger partial charge in [-0.15, -0.1) is 0 Å². The maximum atomic E-state index is 13.5. The normalized spacial score (nSPS) is 12.1. The van der Waals surface area contributed by atoms with Crippen LogP contribution < -0.4 is 5.32 Å². The van der Waals surface area contributed by atoms with E-state index in [0.29, 0.717) is 39.0 Å². The molecule has 0 fully saturated rings. The summed E-state index contributed by atoms with van der Waals surface area (Å²) in [4.78, 5) is 31.4. The van der Waals surface area contributed by atoms with Gasteiger partial charge in [0.1, 0.15) is 5.82 Å². The number of nitrogens with zero attached hydrogens (tertiary/aromatic N) is 1. The van der Waals surface area contributed by atoms with Crippen LogP contribution in [0.25, 0.3) is 11.3 Å². The van der Waals surface area contributed by atoms with Gasteiger partial charge in [-0.05, 0) is 72.1 Å². The monoisotopic (exact) mass is 510 g/mol. The highest BCUT2D eigenvalue weighted by atomic mass is 79.9. The molecule has 0 radical (unpaired) electrons. The average Bonchev–Trinajstić information content (AvgIpc) is 3.17. The third-order valence-electron chi connectivity index (χ3n) is 5.05. The number of carbonyl (C=O) groups excluding carboxylic acids is 1. The van der Waals surface area contributed by atoms with E-state index in [2.05, 4.69) is 26.4 Å². The molecule has 3 rings (SSSR count). The van der Waals surface area contributed by atoms with Gasteiger partial charge in [0.2, 0.25) is 5.91 Å². The second kappa shape index (κ2) is 9.04. The Morgan fingerprint density at radius 1 is 1.23 bits per heavy atom. The quantitative estimate of drug-likeness (QED) is 0.375. The van der Waals surface area contributed by atoms with Gasteiger partial charge in [-0.3, -0.25) is 9.36 Å². The lowest BCUT2D eigenvalue weighted by molar-refractivity contribution is -0.116. The number of carbonyl (C=O) groups is 1. The van der Waals surface area contributed by atoms with Gasteiger partial charge in [-0.1, -0.05) is 17.3 Å². The summed E-state index contributed by atoms with van der Waals surface area (Å²) in [6.45, 7) is 2.94. The summed E-state index contributed by atoms with van der Waals surface area (Å²) in [6, 6.07) is 10.8. The van der Waals surface area contributed by atoms with E-state index in [-0.39, 0.29) is 18.1 Å². The Labute approximate surface area is 186 Å². The van der Waals surface area contributed by atoms with Gasteiger partial charge in [-0.25, -0.2) is 4.39 Å². The molecule has 7 nitrogen and oxygen atoms in total. The molecule has 1 heterocycles. The molecule has 2 aromatic carbocycles. The number of hydrogen-bond donors (Lipinski definition) is 3. The lowest BCUT2D eigenvalue weighted by Crippen LogP contribution is -2.17. The molecule has 0 saturated carbocycles. The molecule has 10 heteroatoms. The minimum atomic E-state index is -4.33. The minimum Gasteiger partial charge on any atom is -0.356 e. The topological polar surface area (TPSA) is 113 Å². The fourth-order valence-corrected chi connectivity index (χ4v) is 3.78. The van der Waals surface area contributed by atoms with Crippen molar-refractivity contribution in [1.82, 2.24) is 5.16 Å². The predicted octanol–water partition coefficient (Wildman–Crippen LogP) is 5.23. The van der Waals surface area contributed by atoms with Crippen molar-refractivity contribution in [3.05, 3.63) is 70.1 Å². The van der Waals surface area contributed by atoms with Gasteiger partial charge < -0.3 is 19.6 Å². The van der Waals surface area contributed by atoms with Crippen LogP contribution in [0.4, 0.5) is 10.1 Å². The summed E-state index contributed by atoms with van der Waals surface area (Å²) in [5.41, 5.74) is 2.35. The van der Waals surface area contributed by atoms with Crippen LogP contribution in [0.1, 0.15) is 31.4 Å². The third-order valence-corrected chi connectivity index (χ3v) is 7.37. The van der Waals surface area contributed by atoms with E-state index in [0.717, 1.165) is 0 Å². The standard InChI is InChI=1S/C21H21BrFN2O5P/c1-21(2,31(27,28)29)15-5-7-16(8-6-15)25-19(26)10-4-14-12-24-30-20(14)13-3-9-18(23)17(22)11-13/h3,5-9,11-12H,4,10H2,1-2H3,(H,25,26)(H2,27,28,29). The molecule has 0 bridgehead atoms. The first-order valence-corrected chi connectivity index (χ1v) is 11.7. The fourth-order valence-electron chi connectivity index (χ4n) is 2.91. The Kier molecular flexibility index (Phi) is 6.81. The van der Waals surface area contributed by atoms with Crippen LogP contribution >= 0.6 is 23.5 Å². The molecule has 1 aromatic heterocycles. The van der Waals surface area contributed by atoms with Crippen LogP contribution in [-0.4, -0.2) is 20.9 Å². The van der Waals surface area contributed by atoms with Crippen LogP contribution in [0, 0.1) is 5.82 Å². The maximum Gasteiger partial charge on any atom is 0.335 e. The van der Waals surface area contributed by atoms with Crippen LogP contribution in [0.15, 0.2) is 57.7 Å². The zero-order valence-electron chi connectivity index (χ0n) is 16.8. The van der Waals surface area contributed by atoms with Crippen LogP contribution in [0.5, 0.6) is 0 Å². The molecule has 0 aliphatic heterocycles. The molecule has 0 aliphatic rings. The summed E-state index contributed by atoms with van der Waals surface area (Å²) < 4.78 is 30.7. The number of amides is 1.